The van der Waals surface area contributed by atoms with Crippen molar-refractivity contribution in [1.29, 1.82) is 5.41 Å². The van der Waals surface area contributed by atoms with Gasteiger partial charge < -0.3 is 15.6 Å². The molecule has 1 aromatic rings. The smallest absolute Gasteiger partial charge is 0.0653 e. The lowest BCUT2D eigenvalue weighted by molar-refractivity contribution is 0.219. The van der Waals surface area contributed by atoms with Crippen molar-refractivity contribution in [2.75, 3.05) is 26.7 Å². The molecule has 0 radical (unpaired) electrons. The van der Waals surface area contributed by atoms with Crippen molar-refractivity contribution < 1.29 is 0 Å². The number of nitrogens with zero attached hydrogens (tertiary/aromatic N) is 1. The van der Waals surface area contributed by atoms with E-state index in [1.165, 1.54) is 37.1 Å². The Morgan fingerprint density at radius 3 is 2.47 bits per heavy atom. The van der Waals surface area contributed by atoms with Crippen LogP contribution in [-0.2, 0) is 6.42 Å². The Bertz CT molecular complexity index is 793. The van der Waals surface area contributed by atoms with Crippen molar-refractivity contribution in [1.82, 2.24) is 10.2 Å². The van der Waals surface area contributed by atoms with Crippen molar-refractivity contribution in [3.63, 3.8) is 0 Å². The van der Waals surface area contributed by atoms with Crippen LogP contribution in [0.1, 0.15) is 56.6 Å². The van der Waals surface area contributed by atoms with E-state index in [1.807, 2.05) is 0 Å². The number of thioether (sulfide) groups is 1. The first-order chi connectivity index (χ1) is 14.4. The van der Waals surface area contributed by atoms with E-state index in [2.05, 4.69) is 68.5 Å². The SMILES string of the molecule is C=C(NCC1CCN(C)CC1)S/C(C)=C1\C(=C)CC(c2ccc(CC)cc2)CC1=N. The minimum absolute atomic E-state index is 0.364. The molecule has 2 N–H and O–H groups in total. The minimum Gasteiger partial charge on any atom is -0.380 e. The molecule has 0 aromatic heterocycles. The second-order valence-electron chi connectivity index (χ2n) is 8.87. The van der Waals surface area contributed by atoms with Crippen LogP contribution >= 0.6 is 11.8 Å². The number of allylic oxidation sites excluding steroid dienone is 3. The molecule has 0 spiro atoms. The predicted octanol–water partition coefficient (Wildman–Crippen LogP) is 6.11. The van der Waals surface area contributed by atoms with Crippen LogP contribution in [0.5, 0.6) is 0 Å². The first kappa shape index (κ1) is 22.9. The zero-order valence-electron chi connectivity index (χ0n) is 18.9. The molecule has 2 aliphatic rings. The average molecular weight is 424 g/mol. The van der Waals surface area contributed by atoms with Crippen LogP contribution in [-0.4, -0.2) is 37.3 Å². The van der Waals surface area contributed by atoms with Gasteiger partial charge in [0.05, 0.1) is 5.03 Å². The third-order valence-electron chi connectivity index (χ3n) is 6.51. The van der Waals surface area contributed by atoms with E-state index in [1.54, 1.807) is 11.8 Å². The Morgan fingerprint density at radius 1 is 1.20 bits per heavy atom. The highest BCUT2D eigenvalue weighted by atomic mass is 32.2. The maximum absolute atomic E-state index is 8.70. The Morgan fingerprint density at radius 2 is 1.87 bits per heavy atom. The van der Waals surface area contributed by atoms with Crippen LogP contribution in [0.3, 0.4) is 0 Å². The zero-order chi connectivity index (χ0) is 21.7. The maximum atomic E-state index is 8.70. The molecule has 1 atom stereocenters. The summed E-state index contributed by atoms with van der Waals surface area (Å²) >= 11 is 1.67. The van der Waals surface area contributed by atoms with Gasteiger partial charge in [-0.1, -0.05) is 56.1 Å². The van der Waals surface area contributed by atoms with Crippen molar-refractivity contribution in [3.8, 4) is 0 Å². The van der Waals surface area contributed by atoms with Crippen molar-refractivity contribution in [2.24, 2.45) is 5.92 Å². The maximum Gasteiger partial charge on any atom is 0.0653 e. The fourth-order valence-electron chi connectivity index (χ4n) is 4.55. The van der Waals surface area contributed by atoms with Crippen molar-refractivity contribution in [2.45, 2.75) is 51.9 Å². The van der Waals surface area contributed by atoms with Gasteiger partial charge in [-0.15, -0.1) is 0 Å². The molecule has 1 saturated heterocycles. The largest absolute Gasteiger partial charge is 0.380 e. The van der Waals surface area contributed by atoms with Crippen LogP contribution in [0, 0.1) is 11.3 Å². The van der Waals surface area contributed by atoms with E-state index in [0.29, 0.717) is 11.6 Å². The molecule has 4 heteroatoms. The summed E-state index contributed by atoms with van der Waals surface area (Å²) < 4.78 is 0. The van der Waals surface area contributed by atoms with E-state index in [4.69, 9.17) is 5.41 Å². The number of piperidine rings is 1. The summed E-state index contributed by atoms with van der Waals surface area (Å²) in [6, 6.07) is 8.90. The van der Waals surface area contributed by atoms with Gasteiger partial charge in [0.2, 0.25) is 0 Å². The highest BCUT2D eigenvalue weighted by Crippen LogP contribution is 2.40. The Hall–Kier alpha value is -1.78. The summed E-state index contributed by atoms with van der Waals surface area (Å²) in [5.41, 5.74) is 5.53. The average Bonchev–Trinajstić information content (AvgIpc) is 2.73. The summed E-state index contributed by atoms with van der Waals surface area (Å²) in [6.07, 6.45) is 5.28. The highest BCUT2D eigenvalue weighted by Gasteiger charge is 2.27. The molecular formula is C26H37N3S. The van der Waals surface area contributed by atoms with E-state index in [9.17, 15) is 0 Å². The lowest BCUT2D eigenvalue weighted by Crippen LogP contribution is -2.34. The third-order valence-corrected chi connectivity index (χ3v) is 7.41. The van der Waals surface area contributed by atoms with Crippen molar-refractivity contribution in [3.05, 3.63) is 69.6 Å². The first-order valence-corrected chi connectivity index (χ1v) is 12.0. The third kappa shape index (κ3) is 5.89. The lowest BCUT2D eigenvalue weighted by atomic mass is 9.77. The Labute approximate surface area is 187 Å². The van der Waals surface area contributed by atoms with Crippen molar-refractivity contribution >= 4 is 17.5 Å². The van der Waals surface area contributed by atoms with Gasteiger partial charge in [0.15, 0.2) is 0 Å². The standard InChI is InChI=1S/C26H37N3S/c1-6-21-7-9-23(10-8-21)24-15-18(2)26(25(27)16-24)19(3)30-20(4)28-17-22-11-13-29(5)14-12-22/h7-10,22,24,27-28H,2,4,6,11-17H2,1,3,5H3/b26-19+,27-25?. The zero-order valence-corrected chi connectivity index (χ0v) is 19.7. The molecule has 3 rings (SSSR count). The number of aryl methyl sites for hydroxylation is 1. The highest BCUT2D eigenvalue weighted by molar-refractivity contribution is 8.06. The quantitative estimate of drug-likeness (QED) is 0.555. The molecule has 1 aliphatic heterocycles. The molecule has 1 saturated carbocycles. The first-order valence-electron chi connectivity index (χ1n) is 11.2. The summed E-state index contributed by atoms with van der Waals surface area (Å²) in [7, 11) is 2.20. The fraction of sp³-hybridized carbons (Fsp3) is 0.500. The molecule has 3 nitrogen and oxygen atoms in total. The number of rotatable bonds is 7. The summed E-state index contributed by atoms with van der Waals surface area (Å²) in [5, 5.41) is 13.2. The molecule has 1 unspecified atom stereocenters. The van der Waals surface area contributed by atoms with Gasteiger partial charge in [-0.2, -0.15) is 0 Å². The normalized spacial score (nSPS) is 22.8. The van der Waals surface area contributed by atoms with Crippen LogP contribution in [0.2, 0.25) is 0 Å². The Kier molecular flexibility index (Phi) is 8.01. The lowest BCUT2D eigenvalue weighted by Gasteiger charge is -2.30. The second kappa shape index (κ2) is 10.5. The van der Waals surface area contributed by atoms with Crippen LogP contribution in [0.4, 0.5) is 0 Å². The Balaban J connectivity index is 1.56. The van der Waals surface area contributed by atoms with Gasteiger partial charge in [0.1, 0.15) is 0 Å². The van der Waals surface area contributed by atoms with Gasteiger partial charge in [-0.25, -0.2) is 0 Å². The van der Waals surface area contributed by atoms with Gasteiger partial charge in [-0.05, 0) is 92.6 Å². The summed E-state index contributed by atoms with van der Waals surface area (Å²) in [4.78, 5) is 3.55. The van der Waals surface area contributed by atoms with E-state index >= 15 is 0 Å². The molecule has 162 valence electrons. The molecule has 1 heterocycles. The minimum atomic E-state index is 0.364. The van der Waals surface area contributed by atoms with Gasteiger partial charge in [0.25, 0.3) is 0 Å². The second-order valence-corrected chi connectivity index (χ2v) is 10.2. The van der Waals surface area contributed by atoms with Gasteiger partial charge in [-0.3, -0.25) is 0 Å². The predicted molar refractivity (Wildman–Crippen MR) is 132 cm³/mol. The monoisotopic (exact) mass is 423 g/mol. The topological polar surface area (TPSA) is 39.1 Å². The van der Waals surface area contributed by atoms with Crippen LogP contribution in [0.15, 0.2) is 58.5 Å². The molecule has 0 bridgehead atoms. The number of hydrogen-bond donors (Lipinski definition) is 2. The van der Waals surface area contributed by atoms with Gasteiger partial charge in [0, 0.05) is 17.8 Å². The van der Waals surface area contributed by atoms with E-state index in [0.717, 1.165) is 52.8 Å². The van der Waals surface area contributed by atoms with E-state index in [-0.39, 0.29) is 0 Å². The fourth-order valence-corrected chi connectivity index (χ4v) is 5.45. The molecule has 2 fully saturated rings. The number of nitrogens with one attached hydrogen (secondary N) is 2. The van der Waals surface area contributed by atoms with Crippen LogP contribution in [0.25, 0.3) is 0 Å². The molecule has 0 amide bonds. The molecule has 30 heavy (non-hydrogen) atoms. The number of benzene rings is 1. The van der Waals surface area contributed by atoms with E-state index < -0.39 is 0 Å². The molecular weight excluding hydrogens is 386 g/mol. The summed E-state index contributed by atoms with van der Waals surface area (Å²) in [5.74, 6) is 1.09. The number of likely N-dealkylation sites (tertiary alicyclic amines) is 1. The summed E-state index contributed by atoms with van der Waals surface area (Å²) in [6.45, 7) is 16.2. The molecule has 1 aromatic carbocycles. The van der Waals surface area contributed by atoms with Gasteiger partial charge >= 0.3 is 0 Å². The number of hydrogen-bond acceptors (Lipinski definition) is 4. The van der Waals surface area contributed by atoms with Crippen LogP contribution < -0.4 is 5.32 Å². The molecule has 1 aliphatic carbocycles.